The van der Waals surface area contributed by atoms with Gasteiger partial charge < -0.3 is 10.6 Å². The summed E-state index contributed by atoms with van der Waals surface area (Å²) in [7, 11) is -3.11. The smallest absolute Gasteiger partial charge is 0.191 e. The number of hydrogen-bond donors (Lipinski definition) is 2. The topological polar surface area (TPSA) is 70.6 Å². The molecule has 1 rings (SSSR count). The molecular formula is C14H30IN3O2S. The zero-order valence-electron chi connectivity index (χ0n) is 13.6. The van der Waals surface area contributed by atoms with Crippen LogP contribution in [-0.4, -0.2) is 44.5 Å². The predicted molar refractivity (Wildman–Crippen MR) is 100 cm³/mol. The van der Waals surface area contributed by atoms with Gasteiger partial charge in [0.05, 0.1) is 11.3 Å². The second-order valence-corrected chi connectivity index (χ2v) is 8.86. The van der Waals surface area contributed by atoms with E-state index in [-0.39, 0.29) is 30.5 Å². The quantitative estimate of drug-likeness (QED) is 0.398. The maximum absolute atomic E-state index is 11.7. The van der Waals surface area contributed by atoms with Crippen molar-refractivity contribution in [1.29, 1.82) is 0 Å². The molecule has 1 aliphatic carbocycles. The summed E-state index contributed by atoms with van der Waals surface area (Å²) < 4.78 is 22.6. The Hall–Kier alpha value is -0.0500. The van der Waals surface area contributed by atoms with Crippen molar-refractivity contribution in [3.63, 3.8) is 0 Å². The van der Waals surface area contributed by atoms with Crippen molar-refractivity contribution < 1.29 is 8.42 Å². The molecule has 0 radical (unpaired) electrons. The molecule has 21 heavy (non-hydrogen) atoms. The lowest BCUT2D eigenvalue weighted by molar-refractivity contribution is 0.410. The van der Waals surface area contributed by atoms with E-state index in [0.717, 1.165) is 12.5 Å². The van der Waals surface area contributed by atoms with E-state index >= 15 is 0 Å². The van der Waals surface area contributed by atoms with Gasteiger partial charge in [0.15, 0.2) is 15.8 Å². The predicted octanol–water partition coefficient (Wildman–Crippen LogP) is 2.32. The molecule has 0 heterocycles. The van der Waals surface area contributed by atoms with Gasteiger partial charge in [-0.3, -0.25) is 4.99 Å². The Morgan fingerprint density at radius 1 is 1.24 bits per heavy atom. The number of guanidine groups is 1. The fourth-order valence-corrected chi connectivity index (χ4v) is 2.45. The fourth-order valence-electron chi connectivity index (χ4n) is 2.15. The summed E-state index contributed by atoms with van der Waals surface area (Å²) in [6.45, 7) is 6.50. The summed E-state index contributed by atoms with van der Waals surface area (Å²) in [5, 5.41) is 6.62. The van der Waals surface area contributed by atoms with Crippen LogP contribution < -0.4 is 10.6 Å². The van der Waals surface area contributed by atoms with E-state index in [4.69, 9.17) is 0 Å². The van der Waals surface area contributed by atoms with Crippen molar-refractivity contribution in [3.8, 4) is 0 Å². The van der Waals surface area contributed by atoms with Crippen molar-refractivity contribution in [2.75, 3.05) is 19.3 Å². The third-order valence-corrected chi connectivity index (χ3v) is 6.05. The van der Waals surface area contributed by atoms with Crippen molar-refractivity contribution >= 4 is 39.8 Å². The Morgan fingerprint density at radius 3 is 2.29 bits per heavy atom. The fraction of sp³-hybridized carbons (Fsp3) is 0.929. The van der Waals surface area contributed by atoms with Crippen LogP contribution in [0, 0.1) is 0 Å². The molecule has 0 aromatic heterocycles. The minimum Gasteiger partial charge on any atom is -0.357 e. The van der Waals surface area contributed by atoms with E-state index in [1.165, 1.54) is 38.4 Å². The number of sulfone groups is 1. The molecule has 0 aromatic carbocycles. The average molecular weight is 431 g/mol. The number of rotatable bonds is 5. The Balaban J connectivity index is 0.00000400. The zero-order valence-corrected chi connectivity index (χ0v) is 16.8. The molecule has 0 aliphatic heterocycles. The van der Waals surface area contributed by atoms with Gasteiger partial charge in [-0.25, -0.2) is 8.42 Å². The number of halogens is 1. The molecule has 1 aliphatic rings. The van der Waals surface area contributed by atoms with Crippen LogP contribution in [0.1, 0.15) is 52.9 Å². The highest BCUT2D eigenvalue weighted by molar-refractivity contribution is 14.0. The lowest BCUT2D eigenvalue weighted by atomic mass is 9.96. The normalized spacial score (nSPS) is 18.0. The SMILES string of the molecule is CCNC(=NCC(C)(C)S(C)(=O)=O)NC1CCCCC1.I. The Morgan fingerprint density at radius 2 is 1.81 bits per heavy atom. The van der Waals surface area contributed by atoms with Gasteiger partial charge in [0.25, 0.3) is 0 Å². The maximum atomic E-state index is 11.7. The van der Waals surface area contributed by atoms with Crippen LogP contribution in [-0.2, 0) is 9.84 Å². The second kappa shape index (κ2) is 9.17. The van der Waals surface area contributed by atoms with E-state index in [9.17, 15) is 8.42 Å². The summed E-state index contributed by atoms with van der Waals surface area (Å²) in [5.74, 6) is 0.733. The first-order valence-corrected chi connectivity index (χ1v) is 9.40. The highest BCUT2D eigenvalue weighted by atomic mass is 127. The standard InChI is InChI=1S/C14H29N3O2S.HI/c1-5-15-13(17-12-9-7-6-8-10-12)16-11-14(2,3)20(4,18)19;/h12H,5-11H2,1-4H3,(H2,15,16,17);1H. The summed E-state index contributed by atoms with van der Waals surface area (Å²) in [4.78, 5) is 4.46. The number of nitrogens with zero attached hydrogens (tertiary/aromatic N) is 1. The monoisotopic (exact) mass is 431 g/mol. The van der Waals surface area contributed by atoms with Gasteiger partial charge in [-0.2, -0.15) is 0 Å². The molecule has 0 atom stereocenters. The minimum atomic E-state index is -3.11. The lowest BCUT2D eigenvalue weighted by Crippen LogP contribution is -2.45. The van der Waals surface area contributed by atoms with E-state index < -0.39 is 14.6 Å². The largest absolute Gasteiger partial charge is 0.357 e. The van der Waals surface area contributed by atoms with Crippen molar-refractivity contribution in [2.24, 2.45) is 4.99 Å². The maximum Gasteiger partial charge on any atom is 0.191 e. The van der Waals surface area contributed by atoms with Gasteiger partial charge in [-0.05, 0) is 33.6 Å². The number of aliphatic imine (C=N–C) groups is 1. The van der Waals surface area contributed by atoms with Crippen LogP contribution in [0.4, 0.5) is 0 Å². The van der Waals surface area contributed by atoms with Crippen LogP contribution >= 0.6 is 24.0 Å². The Labute approximate surface area is 146 Å². The van der Waals surface area contributed by atoms with Crippen molar-refractivity contribution in [3.05, 3.63) is 0 Å². The molecule has 1 fully saturated rings. The molecule has 7 heteroatoms. The number of hydrogen-bond acceptors (Lipinski definition) is 3. The van der Waals surface area contributed by atoms with Crippen molar-refractivity contribution in [2.45, 2.75) is 63.7 Å². The Bertz CT molecular complexity index is 430. The van der Waals surface area contributed by atoms with Crippen molar-refractivity contribution in [1.82, 2.24) is 10.6 Å². The summed E-state index contributed by atoms with van der Waals surface area (Å²) in [6, 6.07) is 0.461. The van der Waals surface area contributed by atoms with Gasteiger partial charge >= 0.3 is 0 Å². The highest BCUT2D eigenvalue weighted by Gasteiger charge is 2.30. The molecule has 2 N–H and O–H groups in total. The molecule has 0 spiro atoms. The molecule has 0 amide bonds. The lowest BCUT2D eigenvalue weighted by Gasteiger charge is -2.26. The zero-order chi connectivity index (χ0) is 15.2. The Kier molecular flexibility index (Phi) is 9.15. The summed E-state index contributed by atoms with van der Waals surface area (Å²) >= 11 is 0. The molecule has 1 saturated carbocycles. The van der Waals surface area contributed by atoms with Gasteiger partial charge in [0, 0.05) is 18.8 Å². The molecular weight excluding hydrogens is 401 g/mol. The first-order chi connectivity index (χ1) is 9.26. The average Bonchev–Trinajstić information content (AvgIpc) is 2.36. The first-order valence-electron chi connectivity index (χ1n) is 7.50. The van der Waals surface area contributed by atoms with Crippen LogP contribution in [0.25, 0.3) is 0 Å². The van der Waals surface area contributed by atoms with Crippen LogP contribution in [0.2, 0.25) is 0 Å². The molecule has 126 valence electrons. The minimum absolute atomic E-state index is 0. The van der Waals surface area contributed by atoms with E-state index in [0.29, 0.717) is 6.04 Å². The van der Waals surface area contributed by atoms with E-state index in [1.54, 1.807) is 13.8 Å². The molecule has 0 bridgehead atoms. The third kappa shape index (κ3) is 7.17. The van der Waals surface area contributed by atoms with Crippen LogP contribution in [0.5, 0.6) is 0 Å². The van der Waals surface area contributed by atoms with Crippen LogP contribution in [0.3, 0.4) is 0 Å². The highest BCUT2D eigenvalue weighted by Crippen LogP contribution is 2.18. The van der Waals surface area contributed by atoms with Gasteiger partial charge in [0.2, 0.25) is 0 Å². The molecule has 0 unspecified atom stereocenters. The first kappa shape index (κ1) is 20.9. The number of nitrogens with one attached hydrogen (secondary N) is 2. The summed E-state index contributed by atoms with van der Waals surface area (Å²) in [5.41, 5.74) is 0. The molecule has 5 nitrogen and oxygen atoms in total. The second-order valence-electron chi connectivity index (χ2n) is 6.21. The molecule has 0 aromatic rings. The van der Waals surface area contributed by atoms with Gasteiger partial charge in [0.1, 0.15) is 0 Å². The van der Waals surface area contributed by atoms with Gasteiger partial charge in [-0.1, -0.05) is 19.3 Å². The molecule has 0 saturated heterocycles. The van der Waals surface area contributed by atoms with E-state index in [1.807, 2.05) is 6.92 Å². The van der Waals surface area contributed by atoms with Crippen LogP contribution in [0.15, 0.2) is 4.99 Å². The third-order valence-electron chi connectivity index (χ3n) is 3.91. The summed E-state index contributed by atoms with van der Waals surface area (Å²) in [6.07, 6.45) is 7.43. The van der Waals surface area contributed by atoms with Gasteiger partial charge in [-0.15, -0.1) is 24.0 Å². The van der Waals surface area contributed by atoms with E-state index in [2.05, 4.69) is 15.6 Å².